The lowest BCUT2D eigenvalue weighted by Crippen LogP contribution is -2.70. The monoisotopic (exact) mass is 437 g/mol. The summed E-state index contributed by atoms with van der Waals surface area (Å²) in [4.78, 5) is 46.1. The number of piperidine rings is 1. The lowest BCUT2D eigenvalue weighted by atomic mass is 9.93. The minimum atomic E-state index is -0.528. The fraction of sp³-hybridized carbons (Fsp3) is 0.391. The maximum atomic E-state index is 13.3. The number of imide groups is 1. The summed E-state index contributed by atoms with van der Waals surface area (Å²) < 4.78 is 5.33. The first kappa shape index (κ1) is 21.8. The number of hydrogen-bond donors (Lipinski definition) is 2. The Hall–Kier alpha value is -3.46. The molecule has 0 bridgehead atoms. The smallest absolute Gasteiger partial charge is 0.327 e. The van der Waals surface area contributed by atoms with E-state index in [1.807, 2.05) is 25.1 Å². The minimum absolute atomic E-state index is 0.111. The minimum Gasteiger partial charge on any atom is -0.495 e. The van der Waals surface area contributed by atoms with Crippen molar-refractivity contribution in [2.24, 2.45) is 0 Å². The lowest BCUT2D eigenvalue weighted by molar-refractivity contribution is -0.138. The van der Waals surface area contributed by atoms with Crippen LogP contribution in [-0.4, -0.2) is 64.9 Å². The van der Waals surface area contributed by atoms with Gasteiger partial charge >= 0.3 is 6.03 Å². The van der Waals surface area contributed by atoms with Gasteiger partial charge in [0.2, 0.25) is 11.8 Å². The van der Waals surface area contributed by atoms with Gasteiger partial charge in [-0.05, 0) is 55.6 Å². The van der Waals surface area contributed by atoms with Crippen LogP contribution in [0.5, 0.6) is 5.75 Å². The molecule has 0 radical (unpaired) electrons. The van der Waals surface area contributed by atoms with Crippen LogP contribution in [-0.2, 0) is 16.1 Å². The number of fused-ring (bicyclic) bond motifs is 1. The first-order valence-corrected chi connectivity index (χ1v) is 10.7. The van der Waals surface area contributed by atoms with E-state index >= 15 is 0 Å². The highest BCUT2D eigenvalue weighted by atomic mass is 16.5. The van der Waals surface area contributed by atoms with Crippen LogP contribution in [0.15, 0.2) is 42.7 Å². The number of nitrogens with zero attached hydrogens (tertiary/aromatic N) is 3. The number of amides is 4. The van der Waals surface area contributed by atoms with Crippen LogP contribution in [0.3, 0.4) is 0 Å². The van der Waals surface area contributed by atoms with Crippen LogP contribution in [0.1, 0.15) is 24.0 Å². The third kappa shape index (κ3) is 4.43. The summed E-state index contributed by atoms with van der Waals surface area (Å²) in [6, 6.07) is 7.71. The van der Waals surface area contributed by atoms with Crippen molar-refractivity contribution in [3.8, 4) is 5.75 Å². The molecule has 32 heavy (non-hydrogen) atoms. The summed E-state index contributed by atoms with van der Waals surface area (Å²) in [6.45, 7) is 2.57. The molecule has 2 aliphatic rings. The molecule has 0 spiro atoms. The summed E-state index contributed by atoms with van der Waals surface area (Å²) in [5, 5.41) is 6.08. The van der Waals surface area contributed by atoms with E-state index in [2.05, 4.69) is 15.6 Å². The van der Waals surface area contributed by atoms with E-state index in [9.17, 15) is 14.4 Å². The van der Waals surface area contributed by atoms with Crippen LogP contribution < -0.4 is 15.4 Å². The molecular weight excluding hydrogens is 410 g/mol. The number of hydrogen-bond acceptors (Lipinski definition) is 6. The Bertz CT molecular complexity index is 1010. The second-order valence-corrected chi connectivity index (χ2v) is 8.09. The van der Waals surface area contributed by atoms with Gasteiger partial charge in [0.1, 0.15) is 18.3 Å². The van der Waals surface area contributed by atoms with Crippen molar-refractivity contribution >= 4 is 23.5 Å². The Morgan fingerprint density at radius 2 is 2.16 bits per heavy atom. The van der Waals surface area contributed by atoms with Crippen LogP contribution >= 0.6 is 0 Å². The van der Waals surface area contributed by atoms with E-state index in [1.54, 1.807) is 24.5 Å². The van der Waals surface area contributed by atoms with Crippen molar-refractivity contribution in [2.45, 2.75) is 38.4 Å². The number of pyridine rings is 1. The molecule has 2 fully saturated rings. The fourth-order valence-electron chi connectivity index (χ4n) is 4.29. The topological polar surface area (TPSA) is 104 Å². The molecule has 2 aliphatic heterocycles. The largest absolute Gasteiger partial charge is 0.495 e. The van der Waals surface area contributed by atoms with Gasteiger partial charge in [0.05, 0.1) is 25.4 Å². The van der Waals surface area contributed by atoms with Gasteiger partial charge in [-0.2, -0.15) is 0 Å². The molecule has 1 aromatic carbocycles. The zero-order valence-corrected chi connectivity index (χ0v) is 18.2. The normalized spacial score (nSPS) is 20.7. The number of methoxy groups -OCH3 is 1. The molecule has 168 valence electrons. The maximum absolute atomic E-state index is 13.3. The van der Waals surface area contributed by atoms with E-state index < -0.39 is 12.1 Å². The van der Waals surface area contributed by atoms with Crippen molar-refractivity contribution in [1.82, 2.24) is 20.1 Å². The first-order valence-electron chi connectivity index (χ1n) is 10.7. The highest BCUT2D eigenvalue weighted by Gasteiger charge is 2.47. The van der Waals surface area contributed by atoms with Gasteiger partial charge in [0.25, 0.3) is 0 Å². The summed E-state index contributed by atoms with van der Waals surface area (Å²) in [6.07, 6.45) is 4.76. The van der Waals surface area contributed by atoms with Crippen LogP contribution in [0.2, 0.25) is 0 Å². The molecular formula is C23H27N5O4. The zero-order valence-electron chi connectivity index (χ0n) is 18.2. The van der Waals surface area contributed by atoms with Crippen molar-refractivity contribution in [3.63, 3.8) is 0 Å². The number of nitrogens with one attached hydrogen (secondary N) is 2. The number of aryl methyl sites for hydroxylation is 1. The molecule has 1 aromatic heterocycles. The second kappa shape index (κ2) is 9.35. The predicted octanol–water partition coefficient (Wildman–Crippen LogP) is 1.92. The van der Waals surface area contributed by atoms with E-state index in [4.69, 9.17) is 4.74 Å². The lowest BCUT2D eigenvalue weighted by Gasteiger charge is -2.46. The Balaban J connectivity index is 1.55. The number of anilines is 1. The molecule has 2 atom stereocenters. The van der Waals surface area contributed by atoms with Crippen LogP contribution in [0.4, 0.5) is 10.5 Å². The summed E-state index contributed by atoms with van der Waals surface area (Å²) >= 11 is 0. The number of aromatic nitrogens is 1. The quantitative estimate of drug-likeness (QED) is 0.716. The van der Waals surface area contributed by atoms with Gasteiger partial charge in [-0.3, -0.25) is 19.5 Å². The van der Waals surface area contributed by atoms with E-state index in [-0.39, 0.29) is 30.9 Å². The molecule has 4 amide bonds. The molecule has 2 saturated heterocycles. The van der Waals surface area contributed by atoms with Gasteiger partial charge < -0.3 is 20.3 Å². The third-order valence-corrected chi connectivity index (χ3v) is 5.84. The molecule has 9 heteroatoms. The fourth-order valence-corrected chi connectivity index (χ4v) is 4.29. The molecule has 2 unspecified atom stereocenters. The van der Waals surface area contributed by atoms with Gasteiger partial charge in [-0.25, -0.2) is 4.79 Å². The SMILES string of the molecule is COc1ccc(C)cc1NC(=O)CN1C(=O)N(Cc2cccnc2)C(=O)C2NCCCC21. The molecule has 3 heterocycles. The molecule has 0 aliphatic carbocycles. The Labute approximate surface area is 186 Å². The molecule has 2 aromatic rings. The Morgan fingerprint density at radius 1 is 1.31 bits per heavy atom. The third-order valence-electron chi connectivity index (χ3n) is 5.84. The Kier molecular flexibility index (Phi) is 6.36. The highest BCUT2D eigenvalue weighted by Crippen LogP contribution is 2.28. The van der Waals surface area contributed by atoms with Crippen molar-refractivity contribution in [3.05, 3.63) is 53.9 Å². The number of urea groups is 1. The molecule has 0 saturated carbocycles. The average Bonchev–Trinajstić information content (AvgIpc) is 2.80. The van der Waals surface area contributed by atoms with Gasteiger partial charge in [-0.15, -0.1) is 0 Å². The second-order valence-electron chi connectivity index (χ2n) is 8.09. The first-order chi connectivity index (χ1) is 15.5. The van der Waals surface area contributed by atoms with Crippen molar-refractivity contribution < 1.29 is 19.1 Å². The van der Waals surface area contributed by atoms with E-state index in [1.165, 1.54) is 16.9 Å². The molecule has 2 N–H and O–H groups in total. The van der Waals surface area contributed by atoms with Crippen molar-refractivity contribution in [1.29, 1.82) is 0 Å². The van der Waals surface area contributed by atoms with Gasteiger partial charge in [0.15, 0.2) is 0 Å². The van der Waals surface area contributed by atoms with Crippen LogP contribution in [0.25, 0.3) is 0 Å². The zero-order chi connectivity index (χ0) is 22.7. The standard InChI is InChI=1S/C23H27N5O4/c1-15-7-8-19(32-2)17(11-15)26-20(29)14-27-18-6-4-10-25-21(18)22(30)28(23(27)31)13-16-5-3-9-24-12-16/h3,5,7-9,11-12,18,21,25H,4,6,10,13-14H2,1-2H3,(H,26,29). The number of carbonyl (C=O) groups is 3. The maximum Gasteiger partial charge on any atom is 0.327 e. The summed E-state index contributed by atoms with van der Waals surface area (Å²) in [5.74, 6) is -0.0673. The number of carbonyl (C=O) groups excluding carboxylic acids is 3. The molecule has 9 nitrogen and oxygen atoms in total. The van der Waals surface area contributed by atoms with Gasteiger partial charge in [0, 0.05) is 12.4 Å². The van der Waals surface area contributed by atoms with E-state index in [0.717, 1.165) is 17.5 Å². The van der Waals surface area contributed by atoms with E-state index in [0.29, 0.717) is 24.4 Å². The number of ether oxygens (including phenoxy) is 1. The number of rotatable bonds is 6. The number of benzene rings is 1. The summed E-state index contributed by atoms with van der Waals surface area (Å²) in [5.41, 5.74) is 2.26. The van der Waals surface area contributed by atoms with Crippen LogP contribution in [0, 0.1) is 6.92 Å². The summed E-state index contributed by atoms with van der Waals surface area (Å²) in [7, 11) is 1.54. The molecule has 4 rings (SSSR count). The predicted molar refractivity (Wildman–Crippen MR) is 118 cm³/mol. The Morgan fingerprint density at radius 3 is 2.91 bits per heavy atom. The average molecular weight is 438 g/mol. The van der Waals surface area contributed by atoms with Gasteiger partial charge in [-0.1, -0.05) is 12.1 Å². The van der Waals surface area contributed by atoms with Crippen molar-refractivity contribution in [2.75, 3.05) is 25.5 Å². The highest BCUT2D eigenvalue weighted by molar-refractivity contribution is 6.03.